The van der Waals surface area contributed by atoms with E-state index in [1.54, 1.807) is 0 Å². The van der Waals surface area contributed by atoms with E-state index in [-0.39, 0.29) is 0 Å². The van der Waals surface area contributed by atoms with Crippen molar-refractivity contribution < 1.29 is 0 Å². The third kappa shape index (κ3) is 28.2. The molecule has 0 heteroatoms. The third-order valence-electron chi connectivity index (χ3n) is 8.26. The molecule has 0 radical (unpaired) electrons. The summed E-state index contributed by atoms with van der Waals surface area (Å²) in [5.74, 6) is 1.02. The second-order valence-corrected chi connectivity index (χ2v) is 11.7. The molecule has 0 heterocycles. The van der Waals surface area contributed by atoms with Gasteiger partial charge >= 0.3 is 0 Å². The van der Waals surface area contributed by atoms with Crippen molar-refractivity contribution in [2.45, 2.75) is 213 Å². The molecule has 0 N–H and O–H groups in total. The summed E-state index contributed by atoms with van der Waals surface area (Å²) in [5.41, 5.74) is 0. The summed E-state index contributed by atoms with van der Waals surface area (Å²) in [6.07, 6.45) is 44.3. The standard InChI is InChI=1S/C34H70/c1-4-7-9-11-13-15-17-19-20-21-23-25-27-29-31-33-34(6-3)32-30-28-26-24-22-18-16-14-12-10-8-5-2/h34H,4-33H2,1-3H3. The lowest BCUT2D eigenvalue weighted by Crippen LogP contribution is -1.99. The number of hydrogen-bond donors (Lipinski definition) is 0. The largest absolute Gasteiger partial charge is 0.0654 e. The van der Waals surface area contributed by atoms with E-state index in [2.05, 4.69) is 20.8 Å². The molecule has 0 nitrogen and oxygen atoms in total. The molecule has 34 heavy (non-hydrogen) atoms. The summed E-state index contributed by atoms with van der Waals surface area (Å²) >= 11 is 0. The molecular formula is C34H70. The highest BCUT2D eigenvalue weighted by molar-refractivity contribution is 4.59. The third-order valence-corrected chi connectivity index (χ3v) is 8.26. The van der Waals surface area contributed by atoms with Crippen molar-refractivity contribution in [3.63, 3.8) is 0 Å². The molecule has 0 spiro atoms. The molecule has 1 atom stereocenters. The zero-order valence-electron chi connectivity index (χ0n) is 24.8. The maximum Gasteiger partial charge on any atom is -0.0417 e. The monoisotopic (exact) mass is 479 g/mol. The molecule has 0 aliphatic heterocycles. The maximum atomic E-state index is 2.43. The predicted molar refractivity (Wildman–Crippen MR) is 159 cm³/mol. The van der Waals surface area contributed by atoms with Gasteiger partial charge in [0.25, 0.3) is 0 Å². The van der Waals surface area contributed by atoms with Gasteiger partial charge < -0.3 is 0 Å². The quantitative estimate of drug-likeness (QED) is 0.0900. The summed E-state index contributed by atoms with van der Waals surface area (Å²) in [5, 5.41) is 0. The molecule has 1 unspecified atom stereocenters. The van der Waals surface area contributed by atoms with Gasteiger partial charge in [0.15, 0.2) is 0 Å². The van der Waals surface area contributed by atoms with Gasteiger partial charge in [0.2, 0.25) is 0 Å². The van der Waals surface area contributed by atoms with Gasteiger partial charge in [-0.05, 0) is 5.92 Å². The van der Waals surface area contributed by atoms with Crippen molar-refractivity contribution in [1.82, 2.24) is 0 Å². The Kier molecular flexibility index (Phi) is 31.0. The molecule has 206 valence electrons. The van der Waals surface area contributed by atoms with Gasteiger partial charge in [-0.2, -0.15) is 0 Å². The van der Waals surface area contributed by atoms with Crippen molar-refractivity contribution in [3.05, 3.63) is 0 Å². The molecule has 0 saturated heterocycles. The van der Waals surface area contributed by atoms with Crippen LogP contribution in [-0.4, -0.2) is 0 Å². The lowest BCUT2D eigenvalue weighted by molar-refractivity contribution is 0.392. The molecular weight excluding hydrogens is 408 g/mol. The Hall–Kier alpha value is 0. The Bertz CT molecular complexity index is 333. The van der Waals surface area contributed by atoms with Crippen molar-refractivity contribution >= 4 is 0 Å². The Labute approximate surface area is 219 Å². The number of hydrogen-bond acceptors (Lipinski definition) is 0. The van der Waals surface area contributed by atoms with Crippen LogP contribution in [0.2, 0.25) is 0 Å². The van der Waals surface area contributed by atoms with Crippen LogP contribution < -0.4 is 0 Å². The molecule has 0 aliphatic carbocycles. The molecule has 0 amide bonds. The van der Waals surface area contributed by atoms with E-state index in [9.17, 15) is 0 Å². The Morgan fingerprint density at radius 3 is 0.676 bits per heavy atom. The first-order chi connectivity index (χ1) is 16.8. The average molecular weight is 479 g/mol. The van der Waals surface area contributed by atoms with Crippen LogP contribution in [0.4, 0.5) is 0 Å². The molecule has 0 bridgehead atoms. The minimum Gasteiger partial charge on any atom is -0.0654 e. The van der Waals surface area contributed by atoms with Crippen LogP contribution in [0.5, 0.6) is 0 Å². The Balaban J connectivity index is 3.25. The summed E-state index contributed by atoms with van der Waals surface area (Å²) < 4.78 is 0. The second kappa shape index (κ2) is 31.0. The molecule has 0 aromatic carbocycles. The van der Waals surface area contributed by atoms with Gasteiger partial charge in [-0.3, -0.25) is 0 Å². The van der Waals surface area contributed by atoms with Gasteiger partial charge in [-0.1, -0.05) is 213 Å². The van der Waals surface area contributed by atoms with Crippen LogP contribution in [0.3, 0.4) is 0 Å². The molecule has 0 aromatic rings. The lowest BCUT2D eigenvalue weighted by atomic mass is 9.92. The molecule has 0 aliphatic rings. The number of unbranched alkanes of at least 4 members (excludes halogenated alkanes) is 25. The van der Waals surface area contributed by atoms with E-state index < -0.39 is 0 Å². The topological polar surface area (TPSA) is 0 Å². The summed E-state index contributed by atoms with van der Waals surface area (Å²) in [6.45, 7) is 7.04. The van der Waals surface area contributed by atoms with Crippen LogP contribution in [0.25, 0.3) is 0 Å². The van der Waals surface area contributed by atoms with E-state index in [1.807, 2.05) is 0 Å². The van der Waals surface area contributed by atoms with Crippen LogP contribution in [-0.2, 0) is 0 Å². The highest BCUT2D eigenvalue weighted by atomic mass is 14.1. The van der Waals surface area contributed by atoms with Gasteiger partial charge in [0.05, 0.1) is 0 Å². The van der Waals surface area contributed by atoms with Gasteiger partial charge in [0, 0.05) is 0 Å². The fraction of sp³-hybridized carbons (Fsp3) is 1.00. The minimum atomic E-state index is 1.02. The summed E-state index contributed by atoms with van der Waals surface area (Å²) in [7, 11) is 0. The van der Waals surface area contributed by atoms with E-state index in [0.29, 0.717) is 0 Å². The minimum absolute atomic E-state index is 1.02. The van der Waals surface area contributed by atoms with Crippen molar-refractivity contribution in [2.75, 3.05) is 0 Å². The maximum absolute atomic E-state index is 2.43. The van der Waals surface area contributed by atoms with Crippen LogP contribution in [0.1, 0.15) is 213 Å². The van der Waals surface area contributed by atoms with Crippen LogP contribution in [0.15, 0.2) is 0 Å². The first kappa shape index (κ1) is 34.0. The van der Waals surface area contributed by atoms with Gasteiger partial charge in [-0.25, -0.2) is 0 Å². The SMILES string of the molecule is CCCCCCCCCCCCCCCCCC(CC)CCCCCCCCCCCCCC. The van der Waals surface area contributed by atoms with E-state index in [1.165, 1.54) is 193 Å². The van der Waals surface area contributed by atoms with Crippen molar-refractivity contribution in [1.29, 1.82) is 0 Å². The zero-order chi connectivity index (χ0) is 24.8. The molecule has 0 rings (SSSR count). The summed E-state index contributed by atoms with van der Waals surface area (Å²) in [6, 6.07) is 0. The number of rotatable bonds is 30. The average Bonchev–Trinajstić information content (AvgIpc) is 2.85. The van der Waals surface area contributed by atoms with E-state index >= 15 is 0 Å². The smallest absolute Gasteiger partial charge is 0.0417 e. The second-order valence-electron chi connectivity index (χ2n) is 11.7. The fourth-order valence-electron chi connectivity index (χ4n) is 5.63. The van der Waals surface area contributed by atoms with E-state index in [0.717, 1.165) is 5.92 Å². The van der Waals surface area contributed by atoms with Gasteiger partial charge in [0.1, 0.15) is 0 Å². The lowest BCUT2D eigenvalue weighted by Gasteiger charge is -2.14. The first-order valence-electron chi connectivity index (χ1n) is 16.8. The normalized spacial score (nSPS) is 12.4. The molecule has 0 fully saturated rings. The van der Waals surface area contributed by atoms with Crippen LogP contribution in [0, 0.1) is 5.92 Å². The van der Waals surface area contributed by atoms with E-state index in [4.69, 9.17) is 0 Å². The Morgan fingerprint density at radius 1 is 0.265 bits per heavy atom. The van der Waals surface area contributed by atoms with Crippen molar-refractivity contribution in [2.24, 2.45) is 5.92 Å². The molecule has 0 saturated carbocycles. The zero-order valence-corrected chi connectivity index (χ0v) is 24.8. The Morgan fingerprint density at radius 2 is 0.471 bits per heavy atom. The van der Waals surface area contributed by atoms with Crippen LogP contribution >= 0.6 is 0 Å². The fourth-order valence-corrected chi connectivity index (χ4v) is 5.63. The van der Waals surface area contributed by atoms with Crippen molar-refractivity contribution in [3.8, 4) is 0 Å². The summed E-state index contributed by atoms with van der Waals surface area (Å²) in [4.78, 5) is 0. The first-order valence-corrected chi connectivity index (χ1v) is 16.8. The predicted octanol–water partition coefficient (Wildman–Crippen LogP) is 13.4. The van der Waals surface area contributed by atoms with Gasteiger partial charge in [-0.15, -0.1) is 0 Å². The molecule has 0 aromatic heterocycles. The highest BCUT2D eigenvalue weighted by Crippen LogP contribution is 2.22. The highest BCUT2D eigenvalue weighted by Gasteiger charge is 2.06.